The molecule has 16 heavy (non-hydrogen) atoms. The van der Waals surface area contributed by atoms with Crippen molar-refractivity contribution in [1.29, 1.82) is 5.41 Å². The smallest absolute Gasteiger partial charge is 0.134 e. The van der Waals surface area contributed by atoms with Crippen molar-refractivity contribution in [1.82, 2.24) is 4.90 Å². The van der Waals surface area contributed by atoms with Gasteiger partial charge in [-0.05, 0) is 19.9 Å². The fraction of sp³-hybridized carbons (Fsp3) is 0.308. The zero-order chi connectivity index (χ0) is 11.5. The summed E-state index contributed by atoms with van der Waals surface area (Å²) in [6.45, 7) is 5.80. The van der Waals surface area contributed by atoms with E-state index in [0.29, 0.717) is 5.84 Å². The molecule has 1 aromatic heterocycles. The lowest BCUT2D eigenvalue weighted by atomic mass is 10.1. The predicted molar refractivity (Wildman–Crippen MR) is 66.0 cm³/mol. The van der Waals surface area contributed by atoms with Crippen LogP contribution in [0.2, 0.25) is 0 Å². The molecule has 1 heterocycles. The molecular weight excluding hydrogens is 200 g/mol. The van der Waals surface area contributed by atoms with Crippen molar-refractivity contribution in [2.24, 2.45) is 0 Å². The summed E-state index contributed by atoms with van der Waals surface area (Å²) < 4.78 is 5.44. The topological polar surface area (TPSA) is 40.2 Å². The lowest BCUT2D eigenvalue weighted by molar-refractivity contribution is 0.463. The number of hydrogen-bond donors (Lipinski definition) is 1. The Labute approximate surface area is 95.2 Å². The van der Waals surface area contributed by atoms with Crippen LogP contribution >= 0.6 is 0 Å². The van der Waals surface area contributed by atoms with E-state index < -0.39 is 0 Å². The van der Waals surface area contributed by atoms with E-state index in [1.165, 1.54) is 0 Å². The van der Waals surface area contributed by atoms with Crippen molar-refractivity contribution in [2.45, 2.75) is 13.8 Å². The van der Waals surface area contributed by atoms with Crippen LogP contribution < -0.4 is 0 Å². The van der Waals surface area contributed by atoms with Gasteiger partial charge in [0.25, 0.3) is 0 Å². The van der Waals surface area contributed by atoms with Crippen molar-refractivity contribution in [3.05, 3.63) is 36.1 Å². The highest BCUT2D eigenvalue weighted by Crippen LogP contribution is 2.21. The van der Waals surface area contributed by atoms with Gasteiger partial charge in [0, 0.05) is 18.5 Å². The zero-order valence-electron chi connectivity index (χ0n) is 9.66. The lowest BCUT2D eigenvalue weighted by Crippen LogP contribution is -2.30. The van der Waals surface area contributed by atoms with E-state index in [0.717, 1.165) is 29.6 Å². The first-order valence-corrected chi connectivity index (χ1v) is 5.58. The van der Waals surface area contributed by atoms with Crippen LogP contribution in [0.25, 0.3) is 11.0 Å². The fourth-order valence-corrected chi connectivity index (χ4v) is 1.87. The standard InChI is InChI=1S/C13H16N2O/c1-3-15(4-2)13(14)11-9-16-12-8-6-5-7-10(11)12/h5-9,14H,3-4H2,1-2H3. The molecule has 0 saturated carbocycles. The number of nitrogens with zero attached hydrogens (tertiary/aromatic N) is 1. The van der Waals surface area contributed by atoms with Crippen molar-refractivity contribution in [3.8, 4) is 0 Å². The quantitative estimate of drug-likeness (QED) is 0.632. The van der Waals surface area contributed by atoms with E-state index >= 15 is 0 Å². The number of para-hydroxylation sites is 1. The van der Waals surface area contributed by atoms with E-state index in [2.05, 4.69) is 13.8 Å². The second kappa shape index (κ2) is 4.39. The number of nitrogens with one attached hydrogen (secondary N) is 1. The highest BCUT2D eigenvalue weighted by atomic mass is 16.3. The molecule has 0 spiro atoms. The Balaban J connectivity index is 2.43. The number of hydrogen-bond acceptors (Lipinski definition) is 2. The van der Waals surface area contributed by atoms with Crippen molar-refractivity contribution >= 4 is 16.8 Å². The molecule has 0 atom stereocenters. The Morgan fingerprint density at radius 2 is 1.94 bits per heavy atom. The molecule has 0 saturated heterocycles. The molecule has 3 nitrogen and oxygen atoms in total. The monoisotopic (exact) mass is 216 g/mol. The Kier molecular flexibility index (Phi) is 2.95. The van der Waals surface area contributed by atoms with E-state index in [-0.39, 0.29) is 0 Å². The van der Waals surface area contributed by atoms with E-state index in [1.54, 1.807) is 6.26 Å². The highest BCUT2D eigenvalue weighted by Gasteiger charge is 2.13. The normalized spacial score (nSPS) is 10.6. The van der Waals surface area contributed by atoms with Gasteiger partial charge in [0.05, 0.1) is 5.56 Å². The largest absolute Gasteiger partial charge is 0.464 e. The summed E-state index contributed by atoms with van der Waals surface area (Å²) in [6, 6.07) is 7.83. The van der Waals surface area contributed by atoms with E-state index in [9.17, 15) is 0 Å². The Bertz CT molecular complexity index is 497. The third-order valence-corrected chi connectivity index (χ3v) is 2.82. The minimum atomic E-state index is 0.537. The lowest BCUT2D eigenvalue weighted by Gasteiger charge is -2.20. The molecular formula is C13H16N2O. The third kappa shape index (κ3) is 1.69. The predicted octanol–water partition coefficient (Wildman–Crippen LogP) is 3.10. The number of amidine groups is 1. The van der Waals surface area contributed by atoms with Crippen LogP contribution in [-0.4, -0.2) is 23.8 Å². The SMILES string of the molecule is CCN(CC)C(=N)c1coc2ccccc12. The molecule has 3 heteroatoms. The summed E-state index contributed by atoms with van der Waals surface area (Å²) in [5, 5.41) is 9.16. The number of fused-ring (bicyclic) bond motifs is 1. The first-order valence-electron chi connectivity index (χ1n) is 5.58. The summed E-state index contributed by atoms with van der Waals surface area (Å²) in [5.74, 6) is 0.537. The van der Waals surface area contributed by atoms with Gasteiger partial charge in [-0.25, -0.2) is 0 Å². The molecule has 0 aliphatic heterocycles. The Hall–Kier alpha value is -1.77. The van der Waals surface area contributed by atoms with Gasteiger partial charge in [0.1, 0.15) is 17.7 Å². The van der Waals surface area contributed by atoms with Gasteiger partial charge in [-0.1, -0.05) is 18.2 Å². The van der Waals surface area contributed by atoms with Gasteiger partial charge in [-0.2, -0.15) is 0 Å². The van der Waals surface area contributed by atoms with Gasteiger partial charge < -0.3 is 9.32 Å². The fourth-order valence-electron chi connectivity index (χ4n) is 1.87. The van der Waals surface area contributed by atoms with Gasteiger partial charge >= 0.3 is 0 Å². The number of furan rings is 1. The molecule has 0 amide bonds. The molecule has 2 rings (SSSR count). The molecule has 84 valence electrons. The first-order chi connectivity index (χ1) is 7.77. The molecule has 0 fully saturated rings. The summed E-state index contributed by atoms with van der Waals surface area (Å²) in [6.07, 6.45) is 1.67. The first kappa shape index (κ1) is 10.7. The summed E-state index contributed by atoms with van der Waals surface area (Å²) in [7, 11) is 0. The molecule has 0 radical (unpaired) electrons. The van der Waals surface area contributed by atoms with Gasteiger partial charge in [0.2, 0.25) is 0 Å². The van der Waals surface area contributed by atoms with Crippen LogP contribution in [0.3, 0.4) is 0 Å². The second-order valence-electron chi connectivity index (χ2n) is 3.67. The molecule has 0 aliphatic carbocycles. The number of rotatable bonds is 3. The third-order valence-electron chi connectivity index (χ3n) is 2.82. The van der Waals surface area contributed by atoms with Gasteiger partial charge in [-0.15, -0.1) is 0 Å². The molecule has 0 unspecified atom stereocenters. The van der Waals surface area contributed by atoms with E-state index in [4.69, 9.17) is 9.83 Å². The summed E-state index contributed by atoms with van der Waals surface area (Å²) >= 11 is 0. The molecule has 0 aliphatic rings. The summed E-state index contributed by atoms with van der Waals surface area (Å²) in [4.78, 5) is 2.01. The van der Waals surface area contributed by atoms with Gasteiger partial charge in [0.15, 0.2) is 0 Å². The average Bonchev–Trinajstić information content (AvgIpc) is 2.74. The van der Waals surface area contributed by atoms with Crippen molar-refractivity contribution < 1.29 is 4.42 Å². The molecule has 1 N–H and O–H groups in total. The van der Waals surface area contributed by atoms with Crippen LogP contribution in [-0.2, 0) is 0 Å². The maximum absolute atomic E-state index is 8.15. The molecule has 0 bridgehead atoms. The maximum atomic E-state index is 8.15. The van der Waals surface area contributed by atoms with Crippen molar-refractivity contribution in [3.63, 3.8) is 0 Å². The average molecular weight is 216 g/mol. The minimum Gasteiger partial charge on any atom is -0.464 e. The maximum Gasteiger partial charge on any atom is 0.134 e. The number of benzene rings is 1. The minimum absolute atomic E-state index is 0.537. The zero-order valence-corrected chi connectivity index (χ0v) is 9.66. The van der Waals surface area contributed by atoms with E-state index in [1.807, 2.05) is 29.2 Å². The van der Waals surface area contributed by atoms with Crippen LogP contribution in [0.5, 0.6) is 0 Å². The van der Waals surface area contributed by atoms with Gasteiger partial charge in [-0.3, -0.25) is 5.41 Å². The second-order valence-corrected chi connectivity index (χ2v) is 3.67. The molecule has 1 aromatic carbocycles. The van der Waals surface area contributed by atoms with Crippen LogP contribution in [0, 0.1) is 5.41 Å². The summed E-state index contributed by atoms with van der Waals surface area (Å²) in [5.41, 5.74) is 1.72. The van der Waals surface area contributed by atoms with Crippen molar-refractivity contribution in [2.75, 3.05) is 13.1 Å². The van der Waals surface area contributed by atoms with Crippen LogP contribution in [0.1, 0.15) is 19.4 Å². The molecule has 2 aromatic rings. The van der Waals surface area contributed by atoms with Crippen LogP contribution in [0.4, 0.5) is 0 Å². The Morgan fingerprint density at radius 1 is 1.25 bits per heavy atom. The van der Waals surface area contributed by atoms with Crippen LogP contribution in [0.15, 0.2) is 34.9 Å². The highest BCUT2D eigenvalue weighted by molar-refractivity contribution is 6.07. The Morgan fingerprint density at radius 3 is 2.62 bits per heavy atom.